The predicted octanol–water partition coefficient (Wildman–Crippen LogP) is 3.07. The number of aromatic nitrogens is 2. The molecule has 0 saturated heterocycles. The normalized spacial score (nSPS) is 18.6. The first-order valence-corrected chi connectivity index (χ1v) is 6.96. The van der Waals surface area contributed by atoms with Crippen LogP contribution in [0, 0.1) is 0 Å². The summed E-state index contributed by atoms with van der Waals surface area (Å²) in [5.41, 5.74) is -0.297. The minimum absolute atomic E-state index is 0.118. The number of rotatable bonds is 1. The van der Waals surface area contributed by atoms with Crippen LogP contribution in [-0.4, -0.2) is 15.1 Å². The summed E-state index contributed by atoms with van der Waals surface area (Å²) in [6.07, 6.45) is 8.25. The van der Waals surface area contributed by atoms with Crippen LogP contribution in [0.1, 0.15) is 56.7 Å². The zero-order valence-electron chi connectivity index (χ0n) is 9.71. The van der Waals surface area contributed by atoms with Gasteiger partial charge >= 0.3 is 0 Å². The summed E-state index contributed by atoms with van der Waals surface area (Å²) in [6.45, 7) is 0. The summed E-state index contributed by atoms with van der Waals surface area (Å²) in [4.78, 5) is 18.4. The molecular weight excluding hydrogens is 284 g/mol. The molecule has 94 valence electrons. The molecule has 2 N–H and O–H groups in total. The maximum atomic E-state index is 11.6. The Balaban J connectivity index is 2.22. The summed E-state index contributed by atoms with van der Waals surface area (Å²) in [5.74, 6) is 0.713. The number of aromatic amines is 1. The number of nitrogens with zero attached hydrogens (tertiary/aromatic N) is 1. The molecule has 1 fully saturated rings. The Morgan fingerprint density at radius 1 is 1.18 bits per heavy atom. The Hall–Kier alpha value is -0.840. The van der Waals surface area contributed by atoms with Gasteiger partial charge in [-0.15, -0.1) is 0 Å². The number of H-pyrrole nitrogens is 1. The third-order valence-corrected chi connectivity index (χ3v) is 4.07. The largest absolute Gasteiger partial charge is 0.492 e. The maximum Gasteiger partial charge on any atom is 0.269 e. The van der Waals surface area contributed by atoms with Crippen LogP contribution in [0.15, 0.2) is 9.27 Å². The fourth-order valence-corrected chi connectivity index (χ4v) is 2.57. The highest BCUT2D eigenvalue weighted by atomic mass is 79.9. The van der Waals surface area contributed by atoms with Gasteiger partial charge in [-0.05, 0) is 28.8 Å². The van der Waals surface area contributed by atoms with Crippen molar-refractivity contribution in [2.75, 3.05) is 0 Å². The van der Waals surface area contributed by atoms with Gasteiger partial charge < -0.3 is 10.1 Å². The van der Waals surface area contributed by atoms with Crippen molar-refractivity contribution in [3.63, 3.8) is 0 Å². The lowest BCUT2D eigenvalue weighted by atomic mass is 9.90. The Labute approximate surface area is 109 Å². The third-order valence-electron chi connectivity index (χ3n) is 3.36. The molecule has 1 saturated carbocycles. The molecule has 0 bridgehead atoms. The molecule has 1 heterocycles. The fraction of sp³-hybridized carbons (Fsp3) is 0.667. The number of aromatic hydroxyl groups is 1. The molecule has 1 aliphatic carbocycles. The molecule has 0 unspecified atom stereocenters. The van der Waals surface area contributed by atoms with Crippen LogP contribution in [0.2, 0.25) is 0 Å². The fourth-order valence-electron chi connectivity index (χ4n) is 2.39. The van der Waals surface area contributed by atoms with Crippen LogP contribution in [0.25, 0.3) is 0 Å². The Bertz CT molecular complexity index is 437. The summed E-state index contributed by atoms with van der Waals surface area (Å²) in [7, 11) is 0. The minimum Gasteiger partial charge on any atom is -0.492 e. The van der Waals surface area contributed by atoms with Gasteiger partial charge in [0.1, 0.15) is 10.3 Å². The van der Waals surface area contributed by atoms with Gasteiger partial charge in [-0.25, -0.2) is 0 Å². The first kappa shape index (κ1) is 12.6. The molecule has 0 atom stereocenters. The Morgan fingerprint density at radius 3 is 2.35 bits per heavy atom. The van der Waals surface area contributed by atoms with Gasteiger partial charge in [0.05, 0.1) is 0 Å². The molecule has 0 radical (unpaired) electrons. The van der Waals surface area contributed by atoms with Crippen molar-refractivity contribution in [3.8, 4) is 5.88 Å². The van der Waals surface area contributed by atoms with Crippen LogP contribution in [0.3, 0.4) is 0 Å². The minimum atomic E-state index is -0.297. The second-order valence-corrected chi connectivity index (χ2v) is 5.42. The second kappa shape index (κ2) is 5.67. The average molecular weight is 301 g/mol. The quantitative estimate of drug-likeness (QED) is 0.837. The monoisotopic (exact) mass is 300 g/mol. The molecule has 17 heavy (non-hydrogen) atoms. The lowest BCUT2D eigenvalue weighted by Crippen LogP contribution is -2.16. The van der Waals surface area contributed by atoms with Gasteiger partial charge in [0.2, 0.25) is 5.88 Å². The Kier molecular flexibility index (Phi) is 4.20. The highest BCUT2D eigenvalue weighted by Crippen LogP contribution is 2.29. The molecule has 1 aromatic heterocycles. The van der Waals surface area contributed by atoms with E-state index >= 15 is 0 Å². The average Bonchev–Trinajstić information content (AvgIpc) is 2.25. The van der Waals surface area contributed by atoms with Gasteiger partial charge in [0.25, 0.3) is 5.56 Å². The highest BCUT2D eigenvalue weighted by molar-refractivity contribution is 9.10. The summed E-state index contributed by atoms with van der Waals surface area (Å²) in [6, 6.07) is 0. The van der Waals surface area contributed by atoms with Crippen LogP contribution in [-0.2, 0) is 0 Å². The molecular formula is C12H17BrN2O2. The van der Waals surface area contributed by atoms with Gasteiger partial charge in [-0.2, -0.15) is 4.98 Å². The van der Waals surface area contributed by atoms with E-state index in [1.807, 2.05) is 0 Å². The standard InChI is InChI=1S/C12H17BrN2O2/c13-9-11(16)14-10(15-12(9)17)8-6-4-2-1-3-5-7-8/h8H,1-7H2,(H2,14,15,16,17). The van der Waals surface area contributed by atoms with E-state index in [1.165, 1.54) is 32.1 Å². The molecule has 0 aromatic carbocycles. The van der Waals surface area contributed by atoms with Crippen LogP contribution in [0.4, 0.5) is 0 Å². The first-order valence-electron chi connectivity index (χ1n) is 6.17. The predicted molar refractivity (Wildman–Crippen MR) is 69.3 cm³/mol. The molecule has 0 amide bonds. The van der Waals surface area contributed by atoms with E-state index < -0.39 is 0 Å². The number of nitrogens with one attached hydrogen (secondary N) is 1. The molecule has 0 aliphatic heterocycles. The lowest BCUT2D eigenvalue weighted by molar-refractivity contribution is 0.416. The molecule has 4 nitrogen and oxygen atoms in total. The third kappa shape index (κ3) is 3.09. The van der Waals surface area contributed by atoms with Gasteiger partial charge in [0.15, 0.2) is 0 Å². The van der Waals surface area contributed by atoms with Crippen molar-refractivity contribution in [1.29, 1.82) is 0 Å². The van der Waals surface area contributed by atoms with E-state index in [0.717, 1.165) is 12.8 Å². The van der Waals surface area contributed by atoms with Gasteiger partial charge in [0, 0.05) is 5.92 Å². The van der Waals surface area contributed by atoms with Crippen molar-refractivity contribution in [3.05, 3.63) is 20.7 Å². The van der Waals surface area contributed by atoms with E-state index in [0.29, 0.717) is 5.82 Å². The SMILES string of the molecule is O=c1[nH]c(C2CCCCCCC2)nc(O)c1Br. The van der Waals surface area contributed by atoms with E-state index in [4.69, 9.17) is 0 Å². The van der Waals surface area contributed by atoms with E-state index in [-0.39, 0.29) is 21.8 Å². The number of halogens is 1. The van der Waals surface area contributed by atoms with Crippen LogP contribution in [0.5, 0.6) is 5.88 Å². The van der Waals surface area contributed by atoms with Gasteiger partial charge in [-0.1, -0.05) is 32.1 Å². The first-order chi connectivity index (χ1) is 8.18. The summed E-state index contributed by atoms with van der Waals surface area (Å²) < 4.78 is 0.118. The summed E-state index contributed by atoms with van der Waals surface area (Å²) >= 11 is 3.01. The van der Waals surface area contributed by atoms with E-state index in [2.05, 4.69) is 25.9 Å². The molecule has 1 aliphatic rings. The van der Waals surface area contributed by atoms with Crippen molar-refractivity contribution >= 4 is 15.9 Å². The lowest BCUT2D eigenvalue weighted by Gasteiger charge is -2.18. The van der Waals surface area contributed by atoms with E-state index in [9.17, 15) is 9.90 Å². The molecule has 1 aromatic rings. The van der Waals surface area contributed by atoms with Crippen molar-refractivity contribution < 1.29 is 5.11 Å². The van der Waals surface area contributed by atoms with Crippen molar-refractivity contribution in [2.45, 2.75) is 50.9 Å². The zero-order valence-corrected chi connectivity index (χ0v) is 11.3. The van der Waals surface area contributed by atoms with Gasteiger partial charge in [-0.3, -0.25) is 4.79 Å². The molecule has 5 heteroatoms. The smallest absolute Gasteiger partial charge is 0.269 e. The van der Waals surface area contributed by atoms with Crippen LogP contribution < -0.4 is 5.56 Å². The number of hydrogen-bond acceptors (Lipinski definition) is 3. The zero-order chi connectivity index (χ0) is 12.3. The van der Waals surface area contributed by atoms with E-state index in [1.54, 1.807) is 0 Å². The molecule has 0 spiro atoms. The molecule has 2 rings (SSSR count). The van der Waals surface area contributed by atoms with Crippen molar-refractivity contribution in [2.24, 2.45) is 0 Å². The maximum absolute atomic E-state index is 11.6. The topological polar surface area (TPSA) is 66.0 Å². The summed E-state index contributed by atoms with van der Waals surface area (Å²) in [5, 5.41) is 9.56. The highest BCUT2D eigenvalue weighted by Gasteiger charge is 2.18. The number of hydrogen-bond donors (Lipinski definition) is 2. The second-order valence-electron chi connectivity index (χ2n) is 4.63. The van der Waals surface area contributed by atoms with Crippen LogP contribution >= 0.6 is 15.9 Å². The van der Waals surface area contributed by atoms with Crippen molar-refractivity contribution in [1.82, 2.24) is 9.97 Å². The Morgan fingerprint density at radius 2 is 1.76 bits per heavy atom.